The third-order valence-electron chi connectivity index (χ3n) is 6.36. The van der Waals surface area contributed by atoms with E-state index >= 15 is 0 Å². The molecule has 0 saturated carbocycles. The van der Waals surface area contributed by atoms with Crippen LogP contribution in [0.2, 0.25) is 0 Å². The number of benzene rings is 3. The maximum atomic E-state index is 13.6. The predicted molar refractivity (Wildman–Crippen MR) is 161 cm³/mol. The van der Waals surface area contributed by atoms with Gasteiger partial charge in [0.15, 0.2) is 0 Å². The van der Waals surface area contributed by atoms with Gasteiger partial charge in [0.05, 0.1) is 40.5 Å². The lowest BCUT2D eigenvalue weighted by atomic mass is 9.82. The number of hydrogen-bond donors (Lipinski definition) is 3. The van der Waals surface area contributed by atoms with Crippen LogP contribution in [-0.4, -0.2) is 30.1 Å². The van der Waals surface area contributed by atoms with Gasteiger partial charge in [-0.25, -0.2) is 4.79 Å². The molecule has 3 aromatic carbocycles. The van der Waals surface area contributed by atoms with Crippen molar-refractivity contribution in [2.24, 2.45) is 0 Å². The van der Waals surface area contributed by atoms with E-state index in [0.717, 1.165) is 11.1 Å². The number of thioether (sulfide) groups is 1. The van der Waals surface area contributed by atoms with Crippen molar-refractivity contribution < 1.29 is 19.1 Å². The Morgan fingerprint density at radius 2 is 1.56 bits per heavy atom. The van der Waals surface area contributed by atoms with Crippen molar-refractivity contribution in [2.45, 2.75) is 26.7 Å². The summed E-state index contributed by atoms with van der Waals surface area (Å²) in [6, 6.07) is 25.5. The van der Waals surface area contributed by atoms with Gasteiger partial charge in [-0.3, -0.25) is 9.59 Å². The van der Waals surface area contributed by atoms with Crippen molar-refractivity contribution in [2.75, 3.05) is 23.0 Å². The molecule has 0 bridgehead atoms. The first-order chi connectivity index (χ1) is 19.8. The molecule has 0 aromatic heterocycles. The number of allylic oxidation sites excluding steroid dienone is 2. The lowest BCUT2D eigenvalue weighted by molar-refractivity contribution is -0.114. The zero-order valence-corrected chi connectivity index (χ0v) is 23.8. The molecule has 1 aliphatic rings. The minimum Gasteiger partial charge on any atom is -0.462 e. The maximum absolute atomic E-state index is 13.6. The van der Waals surface area contributed by atoms with Crippen molar-refractivity contribution in [1.29, 1.82) is 5.26 Å². The third-order valence-corrected chi connectivity index (χ3v) is 7.38. The third kappa shape index (κ3) is 7.24. The Labute approximate surface area is 243 Å². The molecule has 0 radical (unpaired) electrons. The number of rotatable bonds is 9. The number of ether oxygens (including phenoxy) is 1. The van der Waals surface area contributed by atoms with Crippen LogP contribution in [-0.2, 0) is 14.3 Å². The summed E-state index contributed by atoms with van der Waals surface area (Å²) in [6.07, 6.45) is 0. The van der Waals surface area contributed by atoms with Crippen molar-refractivity contribution in [3.63, 3.8) is 0 Å². The summed E-state index contributed by atoms with van der Waals surface area (Å²) >= 11 is 1.21. The van der Waals surface area contributed by atoms with E-state index in [2.05, 4.69) is 22.0 Å². The summed E-state index contributed by atoms with van der Waals surface area (Å²) in [7, 11) is 0. The number of esters is 1. The van der Waals surface area contributed by atoms with Gasteiger partial charge in [0, 0.05) is 22.6 Å². The normalized spacial score (nSPS) is 14.5. The molecule has 0 saturated heterocycles. The highest BCUT2D eigenvalue weighted by molar-refractivity contribution is 8.03. The second kappa shape index (κ2) is 13.5. The molecule has 0 spiro atoms. The van der Waals surface area contributed by atoms with E-state index in [1.165, 1.54) is 11.8 Å². The number of aryl methyl sites for hydroxylation is 1. The molecular formula is C32H30N4O4S. The molecule has 3 aromatic rings. The van der Waals surface area contributed by atoms with Gasteiger partial charge < -0.3 is 20.7 Å². The van der Waals surface area contributed by atoms with Crippen molar-refractivity contribution in [3.05, 3.63) is 117 Å². The standard InChI is InChI=1S/C32H30N4O4S/c1-4-40-32(39)23-12-16-25(17-13-23)36-30(38)28-21(3)34-31(26(18-33)29(28)22-8-6-5-7-9-22)41-19-27(37)35-24-14-10-20(2)11-15-24/h5-17,29,34H,4,19H2,1-3H3,(H,35,37)(H,36,38)/t29-/m0/s1. The van der Waals surface area contributed by atoms with Crippen LogP contribution in [0.25, 0.3) is 0 Å². The van der Waals surface area contributed by atoms with Crippen LogP contribution in [0.15, 0.2) is 101 Å². The summed E-state index contributed by atoms with van der Waals surface area (Å²) in [5.41, 5.74) is 4.73. The molecular weight excluding hydrogens is 536 g/mol. The van der Waals surface area contributed by atoms with Gasteiger partial charge in [-0.05, 0) is 62.7 Å². The van der Waals surface area contributed by atoms with Gasteiger partial charge in [-0.1, -0.05) is 59.8 Å². The van der Waals surface area contributed by atoms with Gasteiger partial charge in [0.2, 0.25) is 5.91 Å². The molecule has 41 heavy (non-hydrogen) atoms. The smallest absolute Gasteiger partial charge is 0.338 e. The summed E-state index contributed by atoms with van der Waals surface area (Å²) in [6.45, 7) is 5.75. The Hall–Kier alpha value is -4.81. The average molecular weight is 567 g/mol. The van der Waals surface area contributed by atoms with Crippen molar-refractivity contribution >= 4 is 40.9 Å². The predicted octanol–water partition coefficient (Wildman–Crippen LogP) is 5.88. The molecule has 208 valence electrons. The lowest BCUT2D eigenvalue weighted by Crippen LogP contribution is -2.31. The summed E-state index contributed by atoms with van der Waals surface area (Å²) < 4.78 is 5.02. The van der Waals surface area contributed by atoms with E-state index in [1.54, 1.807) is 38.1 Å². The first-order valence-corrected chi connectivity index (χ1v) is 14.0. The Balaban J connectivity index is 1.57. The zero-order chi connectivity index (χ0) is 29.4. The molecule has 0 fully saturated rings. The molecule has 9 heteroatoms. The van der Waals surface area contributed by atoms with Crippen LogP contribution in [0, 0.1) is 18.3 Å². The van der Waals surface area contributed by atoms with Gasteiger partial charge in [0.25, 0.3) is 5.91 Å². The number of carbonyl (C=O) groups excluding carboxylic acids is 3. The number of carbonyl (C=O) groups is 3. The van der Waals surface area contributed by atoms with Gasteiger partial charge in [-0.15, -0.1) is 0 Å². The molecule has 3 N–H and O–H groups in total. The fraction of sp³-hybridized carbons (Fsp3) is 0.188. The monoisotopic (exact) mass is 566 g/mol. The lowest BCUT2D eigenvalue weighted by Gasteiger charge is -2.30. The molecule has 1 aliphatic heterocycles. The second-order valence-corrected chi connectivity index (χ2v) is 10.3. The maximum Gasteiger partial charge on any atom is 0.338 e. The number of nitriles is 1. The Morgan fingerprint density at radius 1 is 0.927 bits per heavy atom. The number of hydrogen-bond acceptors (Lipinski definition) is 7. The minimum absolute atomic E-state index is 0.0739. The first kappa shape index (κ1) is 29.2. The van der Waals surface area contributed by atoms with E-state index in [-0.39, 0.29) is 24.2 Å². The summed E-state index contributed by atoms with van der Waals surface area (Å²) in [4.78, 5) is 38.3. The van der Waals surface area contributed by atoms with Crippen LogP contribution in [0.3, 0.4) is 0 Å². The Bertz CT molecular complexity index is 1540. The minimum atomic E-state index is -0.649. The number of anilines is 2. The number of dihydropyridines is 1. The van der Waals surface area contributed by atoms with Gasteiger partial charge in [-0.2, -0.15) is 5.26 Å². The van der Waals surface area contributed by atoms with Crippen LogP contribution in [0.4, 0.5) is 11.4 Å². The second-order valence-electron chi connectivity index (χ2n) is 9.32. The molecule has 0 aliphatic carbocycles. The number of nitrogens with zero attached hydrogens (tertiary/aromatic N) is 1. The highest BCUT2D eigenvalue weighted by atomic mass is 32.2. The summed E-state index contributed by atoms with van der Waals surface area (Å²) in [5.74, 6) is -1.61. The summed E-state index contributed by atoms with van der Waals surface area (Å²) in [5, 5.41) is 19.7. The topological polar surface area (TPSA) is 120 Å². The van der Waals surface area contributed by atoms with Crippen LogP contribution >= 0.6 is 11.8 Å². The van der Waals surface area contributed by atoms with Gasteiger partial charge in [0.1, 0.15) is 0 Å². The fourth-order valence-electron chi connectivity index (χ4n) is 4.38. The van der Waals surface area contributed by atoms with E-state index < -0.39 is 11.9 Å². The molecule has 2 amide bonds. The highest BCUT2D eigenvalue weighted by Crippen LogP contribution is 2.41. The van der Waals surface area contributed by atoms with Gasteiger partial charge >= 0.3 is 5.97 Å². The molecule has 4 rings (SSSR count). The van der Waals surface area contributed by atoms with Crippen molar-refractivity contribution in [1.82, 2.24) is 5.32 Å². The SMILES string of the molecule is CCOC(=O)c1ccc(NC(=O)C2=C(C)NC(SCC(=O)Nc3ccc(C)cc3)=C(C#N)[C@@H]2c2ccccc2)cc1. The molecule has 0 unspecified atom stereocenters. The molecule has 1 heterocycles. The Kier molecular flexibility index (Phi) is 9.61. The first-order valence-electron chi connectivity index (χ1n) is 13.1. The quantitative estimate of drug-likeness (QED) is 0.277. The number of amides is 2. The molecule has 8 nitrogen and oxygen atoms in total. The van der Waals surface area contributed by atoms with Crippen LogP contribution in [0.5, 0.6) is 0 Å². The Morgan fingerprint density at radius 3 is 2.20 bits per heavy atom. The van der Waals surface area contributed by atoms with E-state index in [0.29, 0.717) is 38.8 Å². The van der Waals surface area contributed by atoms with E-state index in [1.807, 2.05) is 61.5 Å². The van der Waals surface area contributed by atoms with Crippen LogP contribution < -0.4 is 16.0 Å². The largest absolute Gasteiger partial charge is 0.462 e. The van der Waals surface area contributed by atoms with Crippen LogP contribution in [0.1, 0.15) is 41.3 Å². The van der Waals surface area contributed by atoms with Crippen molar-refractivity contribution in [3.8, 4) is 6.07 Å². The van der Waals surface area contributed by atoms with E-state index in [4.69, 9.17) is 4.74 Å². The average Bonchev–Trinajstić information content (AvgIpc) is 2.97. The highest BCUT2D eigenvalue weighted by Gasteiger charge is 2.34. The zero-order valence-electron chi connectivity index (χ0n) is 23.0. The molecule has 1 atom stereocenters. The fourth-order valence-corrected chi connectivity index (χ4v) is 5.27. The number of nitrogens with one attached hydrogen (secondary N) is 3. The van der Waals surface area contributed by atoms with E-state index in [9.17, 15) is 19.6 Å².